The third-order valence-electron chi connectivity index (χ3n) is 4.16. The fraction of sp³-hybridized carbons (Fsp3) is 0.588. The second kappa shape index (κ2) is 7.98. The molecule has 0 bridgehead atoms. The molecule has 1 N–H and O–H groups in total. The molecule has 4 nitrogen and oxygen atoms in total. The van der Waals surface area contributed by atoms with Gasteiger partial charge in [0.25, 0.3) is 0 Å². The predicted molar refractivity (Wildman–Crippen MR) is 80.0 cm³/mol. The van der Waals surface area contributed by atoms with Crippen molar-refractivity contribution >= 4 is 5.97 Å². The highest BCUT2D eigenvalue weighted by Gasteiger charge is 2.42. The number of carbonyl (C=O) groups excluding carboxylic acids is 1. The summed E-state index contributed by atoms with van der Waals surface area (Å²) in [5.41, 5.74) is 0.858. The van der Waals surface area contributed by atoms with Crippen molar-refractivity contribution in [3.05, 3.63) is 35.9 Å². The van der Waals surface area contributed by atoms with Crippen LogP contribution in [0.3, 0.4) is 0 Å². The van der Waals surface area contributed by atoms with Crippen LogP contribution in [0.1, 0.15) is 31.7 Å². The van der Waals surface area contributed by atoms with Crippen LogP contribution in [0.15, 0.2) is 30.3 Å². The summed E-state index contributed by atoms with van der Waals surface area (Å²) in [6.45, 7) is 1.79. The summed E-state index contributed by atoms with van der Waals surface area (Å²) in [5, 5.41) is 9.09. The van der Waals surface area contributed by atoms with Crippen LogP contribution < -0.4 is 0 Å². The smallest absolute Gasteiger partial charge is 0.414 e. The van der Waals surface area contributed by atoms with Gasteiger partial charge in [-0.05, 0) is 25.3 Å². The summed E-state index contributed by atoms with van der Waals surface area (Å²) in [5.74, 6) is -1.01. The Labute approximate surface area is 138 Å². The lowest BCUT2D eigenvalue weighted by Gasteiger charge is -2.21. The van der Waals surface area contributed by atoms with Crippen LogP contribution in [0.2, 0.25) is 0 Å². The second-order valence-electron chi connectivity index (χ2n) is 6.05. The summed E-state index contributed by atoms with van der Waals surface area (Å²) < 4.78 is 47.8. The Balaban J connectivity index is 1.78. The minimum absolute atomic E-state index is 0.146. The van der Waals surface area contributed by atoms with Crippen LogP contribution in [0.5, 0.6) is 0 Å². The molecule has 0 unspecified atom stereocenters. The highest BCUT2D eigenvalue weighted by Crippen LogP contribution is 2.32. The zero-order chi connectivity index (χ0) is 17.7. The number of halogens is 3. The molecule has 1 aromatic carbocycles. The minimum atomic E-state index is -4.65. The Hall–Kier alpha value is -1.60. The lowest BCUT2D eigenvalue weighted by atomic mass is 10.0. The van der Waals surface area contributed by atoms with Gasteiger partial charge in [0.15, 0.2) is 6.10 Å². The third-order valence-corrected chi connectivity index (χ3v) is 4.16. The molecular formula is C17H21F3O4. The molecule has 1 aromatic rings. The number of benzene rings is 1. The van der Waals surface area contributed by atoms with E-state index in [2.05, 4.69) is 0 Å². The van der Waals surface area contributed by atoms with Gasteiger partial charge >= 0.3 is 12.1 Å². The largest absolute Gasteiger partial charge is 0.461 e. The number of alkyl halides is 3. The molecule has 0 saturated carbocycles. The fourth-order valence-electron chi connectivity index (χ4n) is 2.67. The number of carbonyl (C=O) groups is 1. The lowest BCUT2D eigenvalue weighted by molar-refractivity contribution is -0.212. The first-order chi connectivity index (χ1) is 11.3. The summed E-state index contributed by atoms with van der Waals surface area (Å²) in [6, 6.07) is 9.19. The van der Waals surface area contributed by atoms with E-state index in [0.29, 0.717) is 12.8 Å². The Morgan fingerprint density at radius 1 is 1.33 bits per heavy atom. The van der Waals surface area contributed by atoms with Crippen molar-refractivity contribution < 1.29 is 32.5 Å². The average Bonchev–Trinajstić information content (AvgIpc) is 3.00. The summed E-state index contributed by atoms with van der Waals surface area (Å²) >= 11 is 0. The van der Waals surface area contributed by atoms with Crippen LogP contribution in [0, 0.1) is 5.92 Å². The molecule has 2 rings (SSSR count). The highest BCUT2D eigenvalue weighted by atomic mass is 19.4. The van der Waals surface area contributed by atoms with E-state index in [0.717, 1.165) is 5.56 Å². The monoisotopic (exact) mass is 346 g/mol. The Morgan fingerprint density at radius 2 is 2.00 bits per heavy atom. The Bertz CT molecular complexity index is 532. The highest BCUT2D eigenvalue weighted by molar-refractivity contribution is 5.72. The van der Waals surface area contributed by atoms with Gasteiger partial charge in [0, 0.05) is 6.42 Å². The van der Waals surface area contributed by atoms with E-state index in [1.165, 1.54) is 0 Å². The quantitative estimate of drug-likeness (QED) is 0.804. The molecular weight excluding hydrogens is 325 g/mol. The first kappa shape index (κ1) is 18.7. The van der Waals surface area contributed by atoms with Gasteiger partial charge in [-0.1, -0.05) is 30.3 Å². The molecule has 1 saturated heterocycles. The van der Waals surface area contributed by atoms with Crippen molar-refractivity contribution in [1.29, 1.82) is 0 Å². The molecule has 0 aromatic heterocycles. The zero-order valence-corrected chi connectivity index (χ0v) is 13.3. The number of esters is 1. The van der Waals surface area contributed by atoms with Gasteiger partial charge in [0.1, 0.15) is 6.61 Å². The number of aliphatic hydroxyl groups is 1. The van der Waals surface area contributed by atoms with Gasteiger partial charge in [-0.2, -0.15) is 13.2 Å². The van der Waals surface area contributed by atoms with E-state index in [1.54, 1.807) is 6.92 Å². The molecule has 1 aliphatic rings. The van der Waals surface area contributed by atoms with Gasteiger partial charge in [-0.25, -0.2) is 0 Å². The predicted octanol–water partition coefficient (Wildman–Crippen LogP) is 3.23. The molecule has 0 radical (unpaired) electrons. The molecule has 0 aliphatic carbocycles. The molecule has 1 heterocycles. The maximum absolute atomic E-state index is 12.4. The molecule has 4 atom stereocenters. The molecule has 0 amide bonds. The number of aliphatic hydroxyl groups excluding tert-OH is 1. The molecule has 1 aliphatic heterocycles. The zero-order valence-electron chi connectivity index (χ0n) is 13.3. The molecule has 0 spiro atoms. The van der Waals surface area contributed by atoms with E-state index in [1.807, 2.05) is 30.3 Å². The third kappa shape index (κ3) is 5.21. The Kier molecular flexibility index (Phi) is 6.23. The SMILES string of the molecule is C[C@H](C(=O)OCc1ccccc1)[C@@H]1CC[C@H](C[C@H](O)C(F)(F)F)O1. The lowest BCUT2D eigenvalue weighted by Crippen LogP contribution is -2.33. The van der Waals surface area contributed by atoms with Crippen molar-refractivity contribution in [3.63, 3.8) is 0 Å². The second-order valence-corrected chi connectivity index (χ2v) is 6.05. The molecule has 134 valence electrons. The van der Waals surface area contributed by atoms with Crippen LogP contribution >= 0.6 is 0 Å². The van der Waals surface area contributed by atoms with Gasteiger partial charge < -0.3 is 14.6 Å². The Morgan fingerprint density at radius 3 is 2.62 bits per heavy atom. The molecule has 1 fully saturated rings. The van der Waals surface area contributed by atoms with Crippen LogP contribution in [-0.4, -0.2) is 35.6 Å². The van der Waals surface area contributed by atoms with E-state index >= 15 is 0 Å². The van der Waals surface area contributed by atoms with Crippen molar-refractivity contribution in [1.82, 2.24) is 0 Å². The van der Waals surface area contributed by atoms with Gasteiger partial charge in [-0.3, -0.25) is 4.79 Å². The van der Waals surface area contributed by atoms with Gasteiger partial charge in [0.05, 0.1) is 18.1 Å². The standard InChI is InChI=1S/C17H21F3O4/c1-11(16(22)23-10-12-5-3-2-4-6-12)14-8-7-13(24-14)9-15(21)17(18,19)20/h2-6,11,13-15,21H,7-10H2,1H3/t11-,13+,14-,15-/m0/s1. The van der Waals surface area contributed by atoms with Crippen molar-refractivity contribution in [2.45, 2.75) is 57.3 Å². The fourth-order valence-corrected chi connectivity index (χ4v) is 2.67. The first-order valence-electron chi connectivity index (χ1n) is 7.88. The summed E-state index contributed by atoms with van der Waals surface area (Å²) in [4.78, 5) is 12.1. The van der Waals surface area contributed by atoms with Crippen molar-refractivity contribution in [2.24, 2.45) is 5.92 Å². The van der Waals surface area contributed by atoms with Crippen LogP contribution in [-0.2, 0) is 20.9 Å². The molecule has 7 heteroatoms. The minimum Gasteiger partial charge on any atom is -0.461 e. The van der Waals surface area contributed by atoms with E-state index in [-0.39, 0.29) is 6.61 Å². The van der Waals surface area contributed by atoms with Crippen molar-refractivity contribution in [3.8, 4) is 0 Å². The number of hydrogen-bond donors (Lipinski definition) is 1. The van der Waals surface area contributed by atoms with E-state index < -0.39 is 42.8 Å². The maximum Gasteiger partial charge on any atom is 0.414 e. The summed E-state index contributed by atoms with van der Waals surface area (Å²) in [6.07, 6.45) is -7.89. The van der Waals surface area contributed by atoms with Crippen LogP contribution in [0.25, 0.3) is 0 Å². The maximum atomic E-state index is 12.4. The molecule has 24 heavy (non-hydrogen) atoms. The number of ether oxygens (including phenoxy) is 2. The van der Waals surface area contributed by atoms with E-state index in [4.69, 9.17) is 14.6 Å². The number of hydrogen-bond acceptors (Lipinski definition) is 4. The first-order valence-corrected chi connectivity index (χ1v) is 7.88. The topological polar surface area (TPSA) is 55.8 Å². The van der Waals surface area contributed by atoms with Gasteiger partial charge in [-0.15, -0.1) is 0 Å². The summed E-state index contributed by atoms with van der Waals surface area (Å²) in [7, 11) is 0. The van der Waals surface area contributed by atoms with Gasteiger partial charge in [0.2, 0.25) is 0 Å². The van der Waals surface area contributed by atoms with Crippen molar-refractivity contribution in [2.75, 3.05) is 0 Å². The van der Waals surface area contributed by atoms with Crippen LogP contribution in [0.4, 0.5) is 13.2 Å². The number of rotatable bonds is 6. The van der Waals surface area contributed by atoms with E-state index in [9.17, 15) is 18.0 Å². The normalized spacial score (nSPS) is 23.7. The average molecular weight is 346 g/mol.